The molecule has 2 unspecified atom stereocenters. The molecular formula is C13H20N2O2. The first-order valence-electron chi connectivity index (χ1n) is 6.03. The molecule has 2 atom stereocenters. The summed E-state index contributed by atoms with van der Waals surface area (Å²) in [4.78, 5) is 11.1. The third-order valence-electron chi connectivity index (χ3n) is 3.48. The Balaban J connectivity index is 1.91. The van der Waals surface area contributed by atoms with Crippen molar-refractivity contribution in [2.24, 2.45) is 11.7 Å². The minimum atomic E-state index is -0.709. The van der Waals surface area contributed by atoms with Crippen molar-refractivity contribution in [2.75, 3.05) is 0 Å². The zero-order valence-corrected chi connectivity index (χ0v) is 10.6. The van der Waals surface area contributed by atoms with Crippen molar-refractivity contribution in [2.45, 2.75) is 45.2 Å². The topological polar surface area (TPSA) is 68.3 Å². The molecule has 3 N–H and O–H groups in total. The molecule has 1 saturated carbocycles. The number of carbonyl (C=O) groups is 1. The lowest BCUT2D eigenvalue weighted by atomic mass is 10.1. The number of rotatable bonds is 5. The number of carbonyl (C=O) groups excluding carboxylic acids is 1. The van der Waals surface area contributed by atoms with Crippen molar-refractivity contribution in [3.8, 4) is 0 Å². The van der Waals surface area contributed by atoms with Gasteiger partial charge in [-0.05, 0) is 38.3 Å². The fourth-order valence-corrected chi connectivity index (χ4v) is 1.80. The van der Waals surface area contributed by atoms with E-state index in [1.165, 1.54) is 6.42 Å². The van der Waals surface area contributed by atoms with Gasteiger partial charge in [0.15, 0.2) is 0 Å². The molecule has 1 aromatic heterocycles. The average molecular weight is 236 g/mol. The SMILES string of the molecule is CC1CC1c1ccc(CNC(C)(C)C(N)=O)o1. The van der Waals surface area contributed by atoms with Gasteiger partial charge in [-0.25, -0.2) is 0 Å². The van der Waals surface area contributed by atoms with E-state index in [1.54, 1.807) is 13.8 Å². The molecule has 1 amide bonds. The van der Waals surface area contributed by atoms with Gasteiger partial charge in [0.25, 0.3) is 0 Å². The van der Waals surface area contributed by atoms with Gasteiger partial charge in [0.2, 0.25) is 5.91 Å². The van der Waals surface area contributed by atoms with Crippen molar-refractivity contribution in [1.29, 1.82) is 0 Å². The van der Waals surface area contributed by atoms with E-state index in [0.29, 0.717) is 12.5 Å². The average Bonchev–Trinajstić information content (AvgIpc) is 2.80. The minimum absolute atomic E-state index is 0.361. The third-order valence-corrected chi connectivity index (χ3v) is 3.48. The molecule has 1 aliphatic carbocycles. The number of hydrogen-bond acceptors (Lipinski definition) is 3. The van der Waals surface area contributed by atoms with E-state index in [2.05, 4.69) is 12.2 Å². The van der Waals surface area contributed by atoms with Crippen molar-refractivity contribution >= 4 is 5.91 Å². The third kappa shape index (κ3) is 2.69. The van der Waals surface area contributed by atoms with Gasteiger partial charge in [0.05, 0.1) is 12.1 Å². The Hall–Kier alpha value is -1.29. The summed E-state index contributed by atoms with van der Waals surface area (Å²) in [5, 5.41) is 3.09. The Morgan fingerprint density at radius 2 is 2.24 bits per heavy atom. The highest BCUT2D eigenvalue weighted by molar-refractivity contribution is 5.83. The van der Waals surface area contributed by atoms with Gasteiger partial charge in [-0.2, -0.15) is 0 Å². The molecule has 1 fully saturated rings. The van der Waals surface area contributed by atoms with Crippen molar-refractivity contribution in [3.05, 3.63) is 23.7 Å². The first-order valence-corrected chi connectivity index (χ1v) is 6.03. The molecule has 0 saturated heterocycles. The molecule has 1 aliphatic rings. The summed E-state index contributed by atoms with van der Waals surface area (Å²) in [6.45, 7) is 6.28. The standard InChI is InChI=1S/C13H20N2O2/c1-8-6-10(8)11-5-4-9(17-11)7-15-13(2,3)12(14)16/h4-5,8,10,15H,6-7H2,1-3H3,(H2,14,16). The summed E-state index contributed by atoms with van der Waals surface area (Å²) in [7, 11) is 0. The second-order valence-electron chi connectivity index (χ2n) is 5.47. The molecule has 1 heterocycles. The lowest BCUT2D eigenvalue weighted by Gasteiger charge is -2.21. The van der Waals surface area contributed by atoms with E-state index in [4.69, 9.17) is 10.2 Å². The molecule has 4 heteroatoms. The van der Waals surface area contributed by atoms with Gasteiger partial charge in [-0.15, -0.1) is 0 Å². The van der Waals surface area contributed by atoms with Crippen LogP contribution in [0.15, 0.2) is 16.5 Å². The number of furan rings is 1. The normalized spacial score (nSPS) is 23.7. The van der Waals surface area contributed by atoms with Crippen LogP contribution in [0.4, 0.5) is 0 Å². The summed E-state index contributed by atoms with van der Waals surface area (Å²) in [5.74, 6) is 2.89. The van der Waals surface area contributed by atoms with E-state index >= 15 is 0 Å². The fourth-order valence-electron chi connectivity index (χ4n) is 1.80. The van der Waals surface area contributed by atoms with Gasteiger partial charge in [0, 0.05) is 5.92 Å². The Labute approximate surface area is 102 Å². The highest BCUT2D eigenvalue weighted by atomic mass is 16.3. The maximum atomic E-state index is 11.1. The predicted octanol–water partition coefficient (Wildman–Crippen LogP) is 1.76. The summed E-state index contributed by atoms with van der Waals surface area (Å²) >= 11 is 0. The molecule has 1 aromatic rings. The Morgan fingerprint density at radius 1 is 1.59 bits per heavy atom. The maximum absolute atomic E-state index is 11.1. The van der Waals surface area contributed by atoms with E-state index in [9.17, 15) is 4.79 Å². The van der Waals surface area contributed by atoms with Crippen molar-refractivity contribution in [1.82, 2.24) is 5.32 Å². The Morgan fingerprint density at radius 3 is 2.76 bits per heavy atom. The number of nitrogens with one attached hydrogen (secondary N) is 1. The van der Waals surface area contributed by atoms with Gasteiger partial charge in [-0.3, -0.25) is 10.1 Å². The van der Waals surface area contributed by atoms with E-state index in [-0.39, 0.29) is 5.91 Å². The summed E-state index contributed by atoms with van der Waals surface area (Å²) in [6.07, 6.45) is 1.22. The molecule has 0 radical (unpaired) electrons. The van der Waals surface area contributed by atoms with E-state index < -0.39 is 5.54 Å². The second kappa shape index (κ2) is 4.18. The summed E-state index contributed by atoms with van der Waals surface area (Å²) < 4.78 is 5.74. The molecule has 2 rings (SSSR count). The van der Waals surface area contributed by atoms with Crippen LogP contribution in [0, 0.1) is 5.92 Å². The van der Waals surface area contributed by atoms with Gasteiger partial charge in [-0.1, -0.05) is 6.92 Å². The highest BCUT2D eigenvalue weighted by Crippen LogP contribution is 2.47. The molecule has 0 aromatic carbocycles. The van der Waals surface area contributed by atoms with Crippen molar-refractivity contribution in [3.63, 3.8) is 0 Å². The molecule has 0 aliphatic heterocycles. The van der Waals surface area contributed by atoms with Crippen LogP contribution < -0.4 is 11.1 Å². The number of nitrogens with two attached hydrogens (primary N) is 1. The molecule has 94 valence electrons. The second-order valence-corrected chi connectivity index (χ2v) is 5.47. The Bertz CT molecular complexity index is 423. The van der Waals surface area contributed by atoms with E-state index in [1.807, 2.05) is 12.1 Å². The molecular weight excluding hydrogens is 216 g/mol. The largest absolute Gasteiger partial charge is 0.464 e. The van der Waals surface area contributed by atoms with E-state index in [0.717, 1.165) is 17.4 Å². The fraction of sp³-hybridized carbons (Fsp3) is 0.615. The lowest BCUT2D eigenvalue weighted by Crippen LogP contribution is -2.50. The Kier molecular flexibility index (Phi) is 3.00. The number of hydrogen-bond donors (Lipinski definition) is 2. The zero-order chi connectivity index (χ0) is 12.6. The number of primary amides is 1. The molecule has 17 heavy (non-hydrogen) atoms. The maximum Gasteiger partial charge on any atom is 0.237 e. The lowest BCUT2D eigenvalue weighted by molar-refractivity contribution is -0.123. The minimum Gasteiger partial charge on any atom is -0.464 e. The van der Waals surface area contributed by atoms with Crippen LogP contribution in [0.1, 0.15) is 44.6 Å². The van der Waals surface area contributed by atoms with Crippen LogP contribution in [0.25, 0.3) is 0 Å². The predicted molar refractivity (Wildman–Crippen MR) is 65.3 cm³/mol. The van der Waals surface area contributed by atoms with Crippen LogP contribution in [0.3, 0.4) is 0 Å². The summed E-state index contributed by atoms with van der Waals surface area (Å²) in [5.41, 5.74) is 4.58. The van der Waals surface area contributed by atoms with Crippen LogP contribution in [-0.4, -0.2) is 11.4 Å². The first kappa shape index (κ1) is 12.2. The highest BCUT2D eigenvalue weighted by Gasteiger charge is 2.36. The quantitative estimate of drug-likeness (QED) is 0.818. The first-order chi connectivity index (χ1) is 7.90. The molecule has 0 bridgehead atoms. The smallest absolute Gasteiger partial charge is 0.237 e. The van der Waals surface area contributed by atoms with Crippen LogP contribution in [-0.2, 0) is 11.3 Å². The zero-order valence-electron chi connectivity index (χ0n) is 10.6. The molecule has 0 spiro atoms. The van der Waals surface area contributed by atoms with Gasteiger partial charge >= 0.3 is 0 Å². The van der Waals surface area contributed by atoms with Crippen LogP contribution in [0.2, 0.25) is 0 Å². The van der Waals surface area contributed by atoms with Gasteiger partial charge < -0.3 is 10.2 Å². The van der Waals surface area contributed by atoms with Gasteiger partial charge in [0.1, 0.15) is 11.5 Å². The van der Waals surface area contributed by atoms with Crippen molar-refractivity contribution < 1.29 is 9.21 Å². The molecule has 4 nitrogen and oxygen atoms in total. The summed E-state index contributed by atoms with van der Waals surface area (Å²) in [6, 6.07) is 3.99. The van der Waals surface area contributed by atoms with Crippen LogP contribution >= 0.6 is 0 Å². The van der Waals surface area contributed by atoms with Crippen LogP contribution in [0.5, 0.6) is 0 Å². The number of amides is 1. The monoisotopic (exact) mass is 236 g/mol.